The maximum Gasteiger partial charge on any atom is 0.0349 e. The lowest BCUT2D eigenvalue weighted by Crippen LogP contribution is -1.92. The van der Waals surface area contributed by atoms with Gasteiger partial charge >= 0.3 is 0 Å². The van der Waals surface area contributed by atoms with Gasteiger partial charge in [-0.05, 0) is 105 Å². The lowest BCUT2D eigenvalue weighted by molar-refractivity contribution is 1.66. The molecule has 0 aliphatic carbocycles. The molecule has 1 heterocycles. The van der Waals surface area contributed by atoms with E-state index in [1.807, 2.05) is 11.3 Å². The minimum Gasteiger partial charge on any atom is -0.135 e. The second-order valence-corrected chi connectivity index (χ2v) is 13.5. The van der Waals surface area contributed by atoms with Gasteiger partial charge in [-0.1, -0.05) is 152 Å². The topological polar surface area (TPSA) is 0 Å². The minimum absolute atomic E-state index is 1.24. The van der Waals surface area contributed by atoms with Gasteiger partial charge in [-0.25, -0.2) is 0 Å². The summed E-state index contributed by atoms with van der Waals surface area (Å²) in [6, 6.07) is 62.7. The van der Waals surface area contributed by atoms with E-state index in [1.54, 1.807) is 0 Å². The first-order valence-electron chi connectivity index (χ1n) is 16.2. The lowest BCUT2D eigenvalue weighted by atomic mass is 9.83. The molecule has 1 aromatic heterocycles. The third kappa shape index (κ3) is 4.07. The van der Waals surface area contributed by atoms with Crippen LogP contribution in [0.15, 0.2) is 170 Å². The predicted octanol–water partition coefficient (Wildman–Crippen LogP) is 13.6. The fourth-order valence-corrected chi connectivity index (χ4v) is 8.77. The number of hydrogen-bond acceptors (Lipinski definition) is 1. The van der Waals surface area contributed by atoms with E-state index in [2.05, 4.69) is 170 Å². The summed E-state index contributed by atoms with van der Waals surface area (Å²) < 4.78 is 0. The van der Waals surface area contributed by atoms with Crippen molar-refractivity contribution in [2.45, 2.75) is 0 Å². The van der Waals surface area contributed by atoms with Crippen molar-refractivity contribution in [1.82, 2.24) is 0 Å². The summed E-state index contributed by atoms with van der Waals surface area (Å²) in [5, 5.41) is 13.0. The van der Waals surface area contributed by atoms with Crippen molar-refractivity contribution in [2.75, 3.05) is 0 Å². The van der Waals surface area contributed by atoms with Crippen LogP contribution in [-0.2, 0) is 0 Å². The summed E-state index contributed by atoms with van der Waals surface area (Å²) in [6.07, 6.45) is 0. The molecule has 47 heavy (non-hydrogen) atoms. The van der Waals surface area contributed by atoms with Crippen LogP contribution in [0.25, 0.3) is 97.0 Å². The van der Waals surface area contributed by atoms with Crippen LogP contribution in [0, 0.1) is 0 Å². The first-order valence-corrected chi connectivity index (χ1v) is 17.0. The Morgan fingerprint density at radius 3 is 1.51 bits per heavy atom. The number of thiophene rings is 1. The van der Waals surface area contributed by atoms with Crippen molar-refractivity contribution in [3.63, 3.8) is 0 Å². The summed E-state index contributed by atoms with van der Waals surface area (Å²) in [5.74, 6) is 0. The van der Waals surface area contributed by atoms with Gasteiger partial charge in [-0.15, -0.1) is 11.3 Å². The van der Waals surface area contributed by atoms with E-state index in [0.29, 0.717) is 0 Å². The molecular weight excluding hydrogens is 585 g/mol. The highest BCUT2D eigenvalue weighted by Gasteiger charge is 2.20. The van der Waals surface area contributed by atoms with Gasteiger partial charge in [-0.2, -0.15) is 0 Å². The van der Waals surface area contributed by atoms with Gasteiger partial charge in [0, 0.05) is 9.75 Å². The molecular formula is C46H28S. The molecule has 218 valence electrons. The van der Waals surface area contributed by atoms with E-state index < -0.39 is 0 Å². The Labute approximate surface area is 277 Å². The molecule has 0 unspecified atom stereocenters. The van der Waals surface area contributed by atoms with Crippen LogP contribution >= 0.6 is 11.3 Å². The van der Waals surface area contributed by atoms with Gasteiger partial charge < -0.3 is 0 Å². The molecule has 1 heteroatoms. The summed E-state index contributed by atoms with van der Waals surface area (Å²) >= 11 is 1.85. The smallest absolute Gasteiger partial charge is 0.0349 e. The quantitative estimate of drug-likeness (QED) is 0.137. The van der Waals surface area contributed by atoms with Crippen LogP contribution in [0.2, 0.25) is 0 Å². The zero-order chi connectivity index (χ0) is 30.9. The summed E-state index contributed by atoms with van der Waals surface area (Å²) in [5.41, 5.74) is 7.64. The van der Waals surface area contributed by atoms with Crippen molar-refractivity contribution >= 4 is 65.2 Å². The highest BCUT2D eigenvalue weighted by molar-refractivity contribution is 7.18. The largest absolute Gasteiger partial charge is 0.135 e. The zero-order valence-electron chi connectivity index (χ0n) is 25.6. The maximum absolute atomic E-state index is 2.38. The fourth-order valence-electron chi connectivity index (χ4n) is 7.76. The summed E-state index contributed by atoms with van der Waals surface area (Å²) in [4.78, 5) is 2.57. The molecule has 0 aliphatic rings. The van der Waals surface area contributed by atoms with E-state index in [9.17, 15) is 0 Å². The predicted molar refractivity (Wildman–Crippen MR) is 205 cm³/mol. The molecule has 0 saturated carbocycles. The first kappa shape index (κ1) is 26.5. The van der Waals surface area contributed by atoms with E-state index in [1.165, 1.54) is 97.0 Å². The monoisotopic (exact) mass is 612 g/mol. The number of benzene rings is 9. The summed E-state index contributed by atoms with van der Waals surface area (Å²) in [7, 11) is 0. The molecule has 0 nitrogen and oxygen atoms in total. The molecule has 0 aliphatic heterocycles. The van der Waals surface area contributed by atoms with Crippen molar-refractivity contribution in [3.05, 3.63) is 170 Å². The molecule has 0 amide bonds. The molecule has 10 aromatic rings. The molecule has 0 saturated heterocycles. The van der Waals surface area contributed by atoms with Crippen LogP contribution in [0.4, 0.5) is 0 Å². The molecule has 10 rings (SSSR count). The standard InChI is InChI=1S/C46H28S/c1-2-10-29(11-3-1)41-26-27-42(47-41)33-14-9-15-34(28-33)44-35-16-4-6-18-37(35)46(38-19-7-5-17-36(38)44)40-25-23-32-21-20-30-12-8-13-31-22-24-39(40)45(32)43(30)31/h1-28H. The molecule has 0 fully saturated rings. The second kappa shape index (κ2) is 10.4. The van der Waals surface area contributed by atoms with E-state index in [0.717, 1.165) is 0 Å². The molecule has 0 radical (unpaired) electrons. The number of fused-ring (bicyclic) bond motifs is 2. The third-order valence-electron chi connectivity index (χ3n) is 9.83. The Morgan fingerprint density at radius 1 is 0.298 bits per heavy atom. The van der Waals surface area contributed by atoms with Gasteiger partial charge in [0.05, 0.1) is 0 Å². The SMILES string of the molecule is c1ccc(-c2ccc(-c3cccc(-c4c5ccccc5c(-c5ccc6ccc7cccc8ccc5c6c78)c5ccccc45)c3)s2)cc1. The summed E-state index contributed by atoms with van der Waals surface area (Å²) in [6.45, 7) is 0. The van der Waals surface area contributed by atoms with Crippen molar-refractivity contribution in [3.8, 4) is 43.1 Å². The number of hydrogen-bond donors (Lipinski definition) is 0. The highest BCUT2D eigenvalue weighted by Crippen LogP contribution is 2.47. The molecule has 9 aromatic carbocycles. The Morgan fingerprint density at radius 2 is 0.809 bits per heavy atom. The van der Waals surface area contributed by atoms with Crippen LogP contribution in [0.5, 0.6) is 0 Å². The second-order valence-electron chi connectivity index (χ2n) is 12.4. The van der Waals surface area contributed by atoms with Crippen molar-refractivity contribution in [1.29, 1.82) is 0 Å². The van der Waals surface area contributed by atoms with Gasteiger partial charge in [-0.3, -0.25) is 0 Å². The van der Waals surface area contributed by atoms with Crippen LogP contribution < -0.4 is 0 Å². The zero-order valence-corrected chi connectivity index (χ0v) is 26.4. The van der Waals surface area contributed by atoms with Crippen LogP contribution in [0.1, 0.15) is 0 Å². The highest BCUT2D eigenvalue weighted by atomic mass is 32.1. The Kier molecular flexibility index (Phi) is 5.85. The van der Waals surface area contributed by atoms with Gasteiger partial charge in [0.25, 0.3) is 0 Å². The molecule has 0 N–H and O–H groups in total. The van der Waals surface area contributed by atoms with Crippen LogP contribution in [0.3, 0.4) is 0 Å². The average molecular weight is 613 g/mol. The van der Waals surface area contributed by atoms with Crippen molar-refractivity contribution in [2.24, 2.45) is 0 Å². The van der Waals surface area contributed by atoms with E-state index in [4.69, 9.17) is 0 Å². The first-order chi connectivity index (χ1) is 23.3. The Bertz CT molecular complexity index is 2710. The number of rotatable bonds is 4. The third-order valence-corrected chi connectivity index (χ3v) is 11.0. The normalized spacial score (nSPS) is 11.8. The average Bonchev–Trinajstić information content (AvgIpc) is 3.64. The lowest BCUT2D eigenvalue weighted by Gasteiger charge is -2.20. The van der Waals surface area contributed by atoms with E-state index >= 15 is 0 Å². The maximum atomic E-state index is 2.38. The Balaban J connectivity index is 1.23. The van der Waals surface area contributed by atoms with Gasteiger partial charge in [0.1, 0.15) is 0 Å². The molecule has 0 bridgehead atoms. The molecule has 0 spiro atoms. The fraction of sp³-hybridized carbons (Fsp3) is 0. The Hall–Kier alpha value is -5.76. The van der Waals surface area contributed by atoms with Gasteiger partial charge in [0.2, 0.25) is 0 Å². The minimum atomic E-state index is 1.24. The van der Waals surface area contributed by atoms with Crippen molar-refractivity contribution < 1.29 is 0 Å². The van der Waals surface area contributed by atoms with E-state index in [-0.39, 0.29) is 0 Å². The van der Waals surface area contributed by atoms with Gasteiger partial charge in [0.15, 0.2) is 0 Å². The molecule has 0 atom stereocenters. The van der Waals surface area contributed by atoms with Crippen LogP contribution in [-0.4, -0.2) is 0 Å².